The lowest BCUT2D eigenvalue weighted by atomic mass is 9.79. The smallest absolute Gasteiger partial charge is 0.223 e. The Bertz CT molecular complexity index is 1100. The fraction of sp³-hybridized carbons (Fsp3) is 0.269. The van der Waals surface area contributed by atoms with Crippen LogP contribution in [0.3, 0.4) is 0 Å². The Morgan fingerprint density at radius 3 is 2.38 bits per heavy atom. The molecule has 0 N–H and O–H groups in total. The molecule has 3 aromatic rings. The molecule has 2 unspecified atom stereocenters. The van der Waals surface area contributed by atoms with Gasteiger partial charge in [0.05, 0.1) is 20.3 Å². The molecule has 4 rings (SSSR count). The molecule has 0 radical (unpaired) electrons. The molecular formula is C26H25Cl2NO3. The van der Waals surface area contributed by atoms with E-state index in [2.05, 4.69) is 6.07 Å². The molecule has 3 aromatic carbocycles. The Hall–Kier alpha value is -2.69. The van der Waals surface area contributed by atoms with Crippen molar-refractivity contribution in [3.8, 4) is 11.5 Å². The second-order valence-corrected chi connectivity index (χ2v) is 8.77. The second kappa shape index (κ2) is 9.85. The zero-order chi connectivity index (χ0) is 22.7. The van der Waals surface area contributed by atoms with Gasteiger partial charge in [0.1, 0.15) is 11.5 Å². The van der Waals surface area contributed by atoms with Gasteiger partial charge < -0.3 is 14.4 Å². The van der Waals surface area contributed by atoms with E-state index in [1.807, 2.05) is 65.6 Å². The highest BCUT2D eigenvalue weighted by atomic mass is 35.5. The standard InChI is InChI=1S/C26H25Cl2NO3/c1-31-22-11-8-19(24(15-22)32-2)16-29-25(30)13-12-23(18-4-3-5-21(28)14-18)26(29)17-6-9-20(27)10-7-17/h3-11,14-15,23,26H,12-13,16H2,1-2H3. The number of amides is 1. The number of hydrogen-bond donors (Lipinski definition) is 0. The van der Waals surface area contributed by atoms with Crippen LogP contribution in [-0.2, 0) is 11.3 Å². The number of hydrogen-bond acceptors (Lipinski definition) is 3. The Kier molecular flexibility index (Phi) is 6.92. The first-order valence-electron chi connectivity index (χ1n) is 10.5. The van der Waals surface area contributed by atoms with Crippen LogP contribution in [-0.4, -0.2) is 25.0 Å². The molecule has 2 atom stereocenters. The van der Waals surface area contributed by atoms with E-state index in [-0.39, 0.29) is 17.9 Å². The summed E-state index contributed by atoms with van der Waals surface area (Å²) in [4.78, 5) is 15.2. The molecule has 32 heavy (non-hydrogen) atoms. The Morgan fingerprint density at radius 1 is 0.906 bits per heavy atom. The number of carbonyl (C=O) groups excluding carboxylic acids is 1. The summed E-state index contributed by atoms with van der Waals surface area (Å²) in [5, 5.41) is 1.36. The van der Waals surface area contributed by atoms with Crippen LogP contribution in [0.4, 0.5) is 0 Å². The number of rotatable bonds is 6. The van der Waals surface area contributed by atoms with Gasteiger partial charge in [0.15, 0.2) is 0 Å². The first-order valence-corrected chi connectivity index (χ1v) is 11.3. The zero-order valence-electron chi connectivity index (χ0n) is 18.1. The van der Waals surface area contributed by atoms with Crippen molar-refractivity contribution in [1.82, 2.24) is 4.90 Å². The van der Waals surface area contributed by atoms with Crippen LogP contribution >= 0.6 is 23.2 Å². The van der Waals surface area contributed by atoms with Gasteiger partial charge in [-0.3, -0.25) is 4.79 Å². The Balaban J connectivity index is 1.77. The molecule has 1 aliphatic rings. The second-order valence-electron chi connectivity index (χ2n) is 7.90. The summed E-state index contributed by atoms with van der Waals surface area (Å²) in [6.45, 7) is 0.427. The summed E-state index contributed by atoms with van der Waals surface area (Å²) >= 11 is 12.5. The van der Waals surface area contributed by atoms with Gasteiger partial charge in [-0.15, -0.1) is 0 Å². The topological polar surface area (TPSA) is 38.8 Å². The van der Waals surface area contributed by atoms with Crippen molar-refractivity contribution in [2.24, 2.45) is 0 Å². The summed E-state index contributed by atoms with van der Waals surface area (Å²) in [5.74, 6) is 1.62. The van der Waals surface area contributed by atoms with Crippen molar-refractivity contribution in [3.05, 3.63) is 93.5 Å². The minimum atomic E-state index is -0.154. The highest BCUT2D eigenvalue weighted by molar-refractivity contribution is 6.30. The van der Waals surface area contributed by atoms with E-state index < -0.39 is 0 Å². The van der Waals surface area contributed by atoms with E-state index in [9.17, 15) is 4.79 Å². The van der Waals surface area contributed by atoms with Crippen LogP contribution in [0.1, 0.15) is 41.5 Å². The van der Waals surface area contributed by atoms with E-state index in [4.69, 9.17) is 32.7 Å². The Labute approximate surface area is 198 Å². The van der Waals surface area contributed by atoms with Crippen LogP contribution in [0.15, 0.2) is 66.7 Å². The van der Waals surface area contributed by atoms with Crippen LogP contribution in [0.2, 0.25) is 10.0 Å². The number of likely N-dealkylation sites (tertiary alicyclic amines) is 1. The van der Waals surface area contributed by atoms with Gasteiger partial charge in [-0.1, -0.05) is 47.5 Å². The van der Waals surface area contributed by atoms with Crippen molar-refractivity contribution in [2.75, 3.05) is 14.2 Å². The number of halogens is 2. The van der Waals surface area contributed by atoms with E-state index in [0.717, 1.165) is 23.1 Å². The number of methoxy groups -OCH3 is 2. The van der Waals surface area contributed by atoms with Crippen molar-refractivity contribution in [3.63, 3.8) is 0 Å². The van der Waals surface area contributed by atoms with Crippen LogP contribution in [0.5, 0.6) is 11.5 Å². The molecule has 166 valence electrons. The normalized spacial score (nSPS) is 18.5. The molecule has 0 saturated carbocycles. The maximum atomic E-state index is 13.2. The minimum Gasteiger partial charge on any atom is -0.497 e. The summed E-state index contributed by atoms with van der Waals surface area (Å²) in [5.41, 5.74) is 3.09. The fourth-order valence-electron chi connectivity index (χ4n) is 4.46. The van der Waals surface area contributed by atoms with Gasteiger partial charge in [0.25, 0.3) is 0 Å². The number of ether oxygens (including phenoxy) is 2. The van der Waals surface area contributed by atoms with Gasteiger partial charge in [-0.25, -0.2) is 0 Å². The molecule has 1 heterocycles. The SMILES string of the molecule is COc1ccc(CN2C(=O)CCC(c3cccc(Cl)c3)C2c2ccc(Cl)cc2)c(OC)c1. The average molecular weight is 470 g/mol. The van der Waals surface area contributed by atoms with Crippen molar-refractivity contribution >= 4 is 29.1 Å². The third kappa shape index (κ3) is 4.72. The summed E-state index contributed by atoms with van der Waals surface area (Å²) in [6.07, 6.45) is 1.22. The first kappa shape index (κ1) is 22.5. The lowest BCUT2D eigenvalue weighted by Crippen LogP contribution is -2.41. The van der Waals surface area contributed by atoms with Gasteiger partial charge in [0, 0.05) is 40.6 Å². The molecule has 1 amide bonds. The molecule has 0 aliphatic carbocycles. The van der Waals surface area contributed by atoms with E-state index in [1.54, 1.807) is 14.2 Å². The van der Waals surface area contributed by atoms with Gasteiger partial charge in [0.2, 0.25) is 5.91 Å². The fourth-order valence-corrected chi connectivity index (χ4v) is 4.79. The molecule has 4 nitrogen and oxygen atoms in total. The lowest BCUT2D eigenvalue weighted by molar-refractivity contribution is -0.138. The van der Waals surface area contributed by atoms with Crippen molar-refractivity contribution in [1.29, 1.82) is 0 Å². The molecule has 1 saturated heterocycles. The quantitative estimate of drug-likeness (QED) is 0.405. The summed E-state index contributed by atoms with van der Waals surface area (Å²) in [6, 6.07) is 21.2. The molecule has 0 spiro atoms. The number of carbonyl (C=O) groups is 1. The monoisotopic (exact) mass is 469 g/mol. The largest absolute Gasteiger partial charge is 0.497 e. The van der Waals surface area contributed by atoms with E-state index >= 15 is 0 Å². The van der Waals surface area contributed by atoms with Crippen LogP contribution < -0.4 is 9.47 Å². The predicted molar refractivity (Wildman–Crippen MR) is 128 cm³/mol. The van der Waals surface area contributed by atoms with Crippen LogP contribution in [0.25, 0.3) is 0 Å². The highest BCUT2D eigenvalue weighted by Gasteiger charge is 2.38. The van der Waals surface area contributed by atoms with Crippen molar-refractivity contribution in [2.45, 2.75) is 31.3 Å². The average Bonchev–Trinajstić information content (AvgIpc) is 2.81. The van der Waals surface area contributed by atoms with Gasteiger partial charge in [-0.2, -0.15) is 0 Å². The highest BCUT2D eigenvalue weighted by Crippen LogP contribution is 2.45. The first-order chi connectivity index (χ1) is 15.5. The Morgan fingerprint density at radius 2 is 1.69 bits per heavy atom. The summed E-state index contributed by atoms with van der Waals surface area (Å²) < 4.78 is 10.9. The maximum Gasteiger partial charge on any atom is 0.223 e. The molecule has 1 fully saturated rings. The van der Waals surface area contributed by atoms with E-state index in [0.29, 0.717) is 34.5 Å². The number of nitrogens with zero attached hydrogens (tertiary/aromatic N) is 1. The molecular weight excluding hydrogens is 445 g/mol. The van der Waals surface area contributed by atoms with Crippen molar-refractivity contribution < 1.29 is 14.3 Å². The van der Waals surface area contributed by atoms with Gasteiger partial charge in [-0.05, 0) is 53.9 Å². The molecule has 1 aliphatic heterocycles. The van der Waals surface area contributed by atoms with Gasteiger partial charge >= 0.3 is 0 Å². The number of piperidine rings is 1. The minimum absolute atomic E-state index is 0.108. The third-order valence-corrected chi connectivity index (χ3v) is 6.52. The molecule has 0 bridgehead atoms. The zero-order valence-corrected chi connectivity index (χ0v) is 19.6. The number of benzene rings is 3. The molecule has 6 heteroatoms. The maximum absolute atomic E-state index is 13.2. The van der Waals surface area contributed by atoms with E-state index in [1.165, 1.54) is 0 Å². The predicted octanol–water partition coefficient (Wildman–Crippen LogP) is 6.66. The van der Waals surface area contributed by atoms with Crippen LogP contribution in [0, 0.1) is 0 Å². The summed E-state index contributed by atoms with van der Waals surface area (Å²) in [7, 11) is 3.25. The lowest BCUT2D eigenvalue weighted by Gasteiger charge is -2.42. The molecule has 0 aromatic heterocycles. The third-order valence-electron chi connectivity index (χ3n) is 6.03.